The molecule has 0 saturated heterocycles. The fourth-order valence-corrected chi connectivity index (χ4v) is 2.08. The van der Waals surface area contributed by atoms with Crippen LogP contribution in [0.25, 0.3) is 0 Å². The molecule has 0 radical (unpaired) electrons. The first-order chi connectivity index (χ1) is 8.47. The zero-order chi connectivity index (χ0) is 13.2. The van der Waals surface area contributed by atoms with E-state index in [1.54, 1.807) is 19.1 Å². The number of benzene rings is 2. The standard InChI is InChI=1S/C13H12O4S/c1-10-9-12(18(14,15)16)7-8-13(10)17-11-5-3-2-4-6-11/h2-9H,1H3,(H,14,15,16). The molecule has 4 nitrogen and oxygen atoms in total. The molecule has 0 aromatic heterocycles. The van der Waals surface area contributed by atoms with E-state index < -0.39 is 10.1 Å². The van der Waals surface area contributed by atoms with E-state index in [1.807, 2.05) is 18.2 Å². The Morgan fingerprint density at radius 1 is 1.06 bits per heavy atom. The summed E-state index contributed by atoms with van der Waals surface area (Å²) < 4.78 is 36.5. The highest BCUT2D eigenvalue weighted by atomic mass is 32.2. The van der Waals surface area contributed by atoms with E-state index in [0.29, 0.717) is 17.1 Å². The number of rotatable bonds is 3. The van der Waals surface area contributed by atoms with Gasteiger partial charge < -0.3 is 4.74 Å². The summed E-state index contributed by atoms with van der Waals surface area (Å²) in [5, 5.41) is 0. The predicted octanol–water partition coefficient (Wildman–Crippen LogP) is 3.03. The summed E-state index contributed by atoms with van der Waals surface area (Å²) in [7, 11) is -4.17. The van der Waals surface area contributed by atoms with Gasteiger partial charge in [-0.3, -0.25) is 4.55 Å². The highest BCUT2D eigenvalue weighted by molar-refractivity contribution is 7.85. The van der Waals surface area contributed by atoms with Crippen LogP contribution in [-0.2, 0) is 10.1 Å². The molecule has 0 amide bonds. The van der Waals surface area contributed by atoms with E-state index in [2.05, 4.69) is 0 Å². The summed E-state index contributed by atoms with van der Waals surface area (Å²) in [6, 6.07) is 13.4. The Hall–Kier alpha value is -1.85. The van der Waals surface area contributed by atoms with E-state index in [-0.39, 0.29) is 4.90 Å². The van der Waals surface area contributed by atoms with Crippen LogP contribution in [0, 0.1) is 6.92 Å². The molecule has 1 N–H and O–H groups in total. The van der Waals surface area contributed by atoms with Crippen molar-refractivity contribution in [2.45, 2.75) is 11.8 Å². The minimum Gasteiger partial charge on any atom is -0.457 e. The summed E-state index contributed by atoms with van der Waals surface area (Å²) in [6.07, 6.45) is 0. The van der Waals surface area contributed by atoms with Crippen LogP contribution in [0.4, 0.5) is 0 Å². The van der Waals surface area contributed by atoms with Gasteiger partial charge in [-0.2, -0.15) is 8.42 Å². The van der Waals surface area contributed by atoms with Crippen molar-refractivity contribution in [3.8, 4) is 11.5 Å². The van der Waals surface area contributed by atoms with Crippen LogP contribution >= 0.6 is 0 Å². The van der Waals surface area contributed by atoms with E-state index in [0.717, 1.165) is 0 Å². The Morgan fingerprint density at radius 3 is 2.28 bits per heavy atom. The Kier molecular flexibility index (Phi) is 3.36. The minimum atomic E-state index is -4.17. The fourth-order valence-electron chi connectivity index (χ4n) is 1.51. The van der Waals surface area contributed by atoms with Crippen LogP contribution in [0.5, 0.6) is 11.5 Å². The number of aryl methyl sites for hydroxylation is 1. The van der Waals surface area contributed by atoms with Crippen molar-refractivity contribution in [1.29, 1.82) is 0 Å². The molecule has 0 unspecified atom stereocenters. The summed E-state index contributed by atoms with van der Waals surface area (Å²) in [6.45, 7) is 1.72. The van der Waals surface area contributed by atoms with Crippen molar-refractivity contribution in [2.24, 2.45) is 0 Å². The van der Waals surface area contributed by atoms with Crippen LogP contribution in [0.1, 0.15) is 5.56 Å². The molecule has 94 valence electrons. The van der Waals surface area contributed by atoms with Crippen LogP contribution in [-0.4, -0.2) is 13.0 Å². The van der Waals surface area contributed by atoms with E-state index in [9.17, 15) is 8.42 Å². The highest BCUT2D eigenvalue weighted by Crippen LogP contribution is 2.26. The van der Waals surface area contributed by atoms with Gasteiger partial charge in [0.15, 0.2) is 0 Å². The van der Waals surface area contributed by atoms with Gasteiger partial charge in [-0.1, -0.05) is 18.2 Å². The van der Waals surface area contributed by atoms with Gasteiger partial charge in [-0.15, -0.1) is 0 Å². The third kappa shape index (κ3) is 2.88. The normalized spacial score (nSPS) is 11.2. The Labute approximate surface area is 106 Å². The number of para-hydroxylation sites is 1. The zero-order valence-corrected chi connectivity index (χ0v) is 10.5. The fraction of sp³-hybridized carbons (Fsp3) is 0.0769. The molecule has 18 heavy (non-hydrogen) atoms. The maximum atomic E-state index is 11.0. The quantitative estimate of drug-likeness (QED) is 0.865. The molecule has 0 spiro atoms. The van der Waals surface area contributed by atoms with E-state index in [4.69, 9.17) is 9.29 Å². The second kappa shape index (κ2) is 4.80. The maximum absolute atomic E-state index is 11.0. The Bertz CT molecular complexity index is 648. The largest absolute Gasteiger partial charge is 0.457 e. The second-order valence-electron chi connectivity index (χ2n) is 3.82. The predicted molar refractivity (Wildman–Crippen MR) is 67.5 cm³/mol. The smallest absolute Gasteiger partial charge is 0.294 e. The van der Waals surface area contributed by atoms with Gasteiger partial charge in [0, 0.05) is 0 Å². The molecule has 0 aliphatic carbocycles. The van der Waals surface area contributed by atoms with Crippen molar-refractivity contribution in [1.82, 2.24) is 0 Å². The van der Waals surface area contributed by atoms with Crippen molar-refractivity contribution >= 4 is 10.1 Å². The SMILES string of the molecule is Cc1cc(S(=O)(=O)O)ccc1Oc1ccccc1. The Balaban J connectivity index is 2.32. The number of ether oxygens (including phenoxy) is 1. The lowest BCUT2D eigenvalue weighted by Gasteiger charge is -2.09. The first-order valence-corrected chi connectivity index (χ1v) is 6.72. The molecule has 0 aliphatic heterocycles. The average Bonchev–Trinajstić information content (AvgIpc) is 2.32. The highest BCUT2D eigenvalue weighted by Gasteiger charge is 2.11. The molecule has 2 aromatic rings. The lowest BCUT2D eigenvalue weighted by molar-refractivity contribution is 0.475. The molecule has 0 aliphatic rings. The monoisotopic (exact) mass is 264 g/mol. The second-order valence-corrected chi connectivity index (χ2v) is 5.24. The van der Waals surface area contributed by atoms with Crippen LogP contribution < -0.4 is 4.74 Å². The molecule has 2 aromatic carbocycles. The van der Waals surface area contributed by atoms with Gasteiger partial charge in [0.2, 0.25) is 0 Å². The van der Waals surface area contributed by atoms with Gasteiger partial charge >= 0.3 is 0 Å². The van der Waals surface area contributed by atoms with Crippen LogP contribution in [0.15, 0.2) is 53.4 Å². The zero-order valence-electron chi connectivity index (χ0n) is 9.70. The van der Waals surface area contributed by atoms with Crippen molar-refractivity contribution in [3.05, 3.63) is 54.1 Å². The third-order valence-corrected chi connectivity index (χ3v) is 3.26. The first-order valence-electron chi connectivity index (χ1n) is 5.28. The van der Waals surface area contributed by atoms with Gasteiger partial charge in [-0.25, -0.2) is 0 Å². The lowest BCUT2D eigenvalue weighted by atomic mass is 10.2. The van der Waals surface area contributed by atoms with Crippen molar-refractivity contribution in [3.63, 3.8) is 0 Å². The Morgan fingerprint density at radius 2 is 1.72 bits per heavy atom. The van der Waals surface area contributed by atoms with E-state index in [1.165, 1.54) is 18.2 Å². The number of hydrogen-bond acceptors (Lipinski definition) is 3. The summed E-state index contributed by atoms with van der Waals surface area (Å²) >= 11 is 0. The molecule has 2 rings (SSSR count). The van der Waals surface area contributed by atoms with Gasteiger partial charge in [-0.05, 0) is 42.8 Å². The van der Waals surface area contributed by atoms with Crippen LogP contribution in [0.3, 0.4) is 0 Å². The molecule has 0 bridgehead atoms. The summed E-state index contributed by atoms with van der Waals surface area (Å²) in [5.41, 5.74) is 0.633. The van der Waals surface area contributed by atoms with Gasteiger partial charge in [0.25, 0.3) is 10.1 Å². The first kappa shape index (κ1) is 12.6. The van der Waals surface area contributed by atoms with E-state index >= 15 is 0 Å². The maximum Gasteiger partial charge on any atom is 0.294 e. The van der Waals surface area contributed by atoms with Gasteiger partial charge in [0.1, 0.15) is 11.5 Å². The summed E-state index contributed by atoms with van der Waals surface area (Å²) in [5.74, 6) is 1.22. The topological polar surface area (TPSA) is 63.6 Å². The van der Waals surface area contributed by atoms with Crippen LogP contribution in [0.2, 0.25) is 0 Å². The number of hydrogen-bond donors (Lipinski definition) is 1. The molecule has 0 atom stereocenters. The molecular formula is C13H12O4S. The molecule has 0 fully saturated rings. The molecule has 0 saturated carbocycles. The minimum absolute atomic E-state index is 0.139. The van der Waals surface area contributed by atoms with Crippen molar-refractivity contribution < 1.29 is 17.7 Å². The molecular weight excluding hydrogens is 252 g/mol. The average molecular weight is 264 g/mol. The van der Waals surface area contributed by atoms with Gasteiger partial charge in [0.05, 0.1) is 4.90 Å². The molecule has 0 heterocycles. The third-order valence-electron chi connectivity index (χ3n) is 2.42. The van der Waals surface area contributed by atoms with Crippen molar-refractivity contribution in [2.75, 3.05) is 0 Å². The lowest BCUT2D eigenvalue weighted by Crippen LogP contribution is -1.99. The summed E-state index contributed by atoms with van der Waals surface area (Å²) in [4.78, 5) is -0.139. The molecule has 5 heteroatoms.